The number of hydrogen-bond donors (Lipinski definition) is 0. The molecule has 0 bridgehead atoms. The Kier molecular flexibility index (Phi) is 3.54. The highest BCUT2D eigenvalue weighted by Gasteiger charge is 2.14. The molecular weight excluding hydrogens is 200 g/mol. The van der Waals surface area contributed by atoms with Crippen LogP contribution in [-0.4, -0.2) is 17.6 Å². The standard InChI is InChI=1S/C9H8N2O4/c1-2-15-7-3-4-8(10-6-12)9(5-7)11(13)14/h3-5H,2H2,1H3. The fraction of sp³-hybridized carbons (Fsp3) is 0.222. The molecule has 0 saturated carbocycles. The molecule has 15 heavy (non-hydrogen) atoms. The molecule has 0 aliphatic heterocycles. The van der Waals surface area contributed by atoms with Crippen molar-refractivity contribution in [1.82, 2.24) is 0 Å². The number of aliphatic imine (C=N–C) groups is 1. The third kappa shape index (κ3) is 2.62. The average Bonchev–Trinajstić information content (AvgIpc) is 2.21. The highest BCUT2D eigenvalue weighted by molar-refractivity contribution is 5.63. The third-order valence-corrected chi connectivity index (χ3v) is 1.62. The fourth-order valence-electron chi connectivity index (χ4n) is 1.05. The Morgan fingerprint density at radius 2 is 2.33 bits per heavy atom. The zero-order valence-electron chi connectivity index (χ0n) is 7.97. The molecule has 0 unspecified atom stereocenters. The van der Waals surface area contributed by atoms with Crippen molar-refractivity contribution in [3.8, 4) is 5.75 Å². The van der Waals surface area contributed by atoms with E-state index in [4.69, 9.17) is 4.74 Å². The van der Waals surface area contributed by atoms with E-state index >= 15 is 0 Å². The summed E-state index contributed by atoms with van der Waals surface area (Å²) in [6.45, 7) is 2.18. The van der Waals surface area contributed by atoms with Gasteiger partial charge in [0.05, 0.1) is 17.6 Å². The zero-order chi connectivity index (χ0) is 11.3. The van der Waals surface area contributed by atoms with Gasteiger partial charge in [0.25, 0.3) is 5.69 Å². The molecule has 0 spiro atoms. The number of nitro benzene ring substituents is 1. The van der Waals surface area contributed by atoms with Gasteiger partial charge < -0.3 is 4.74 Å². The van der Waals surface area contributed by atoms with Gasteiger partial charge in [-0.2, -0.15) is 4.99 Å². The molecule has 0 aliphatic carbocycles. The summed E-state index contributed by atoms with van der Waals surface area (Å²) < 4.78 is 5.09. The molecule has 1 rings (SSSR count). The summed E-state index contributed by atoms with van der Waals surface area (Å²) in [5.74, 6) is 0.369. The molecule has 0 atom stereocenters. The highest BCUT2D eigenvalue weighted by atomic mass is 16.6. The maximum Gasteiger partial charge on any atom is 0.299 e. The predicted octanol–water partition coefficient (Wildman–Crippen LogP) is 1.96. The minimum Gasteiger partial charge on any atom is -0.494 e. The van der Waals surface area contributed by atoms with Crippen LogP contribution in [0, 0.1) is 10.1 Å². The van der Waals surface area contributed by atoms with E-state index in [0.29, 0.717) is 12.4 Å². The maximum absolute atomic E-state index is 10.6. The molecule has 0 heterocycles. The normalized spacial score (nSPS) is 9.13. The van der Waals surface area contributed by atoms with Gasteiger partial charge in [-0.25, -0.2) is 4.79 Å². The summed E-state index contributed by atoms with van der Waals surface area (Å²) in [5, 5.41) is 10.6. The summed E-state index contributed by atoms with van der Waals surface area (Å²) in [5.41, 5.74) is -0.303. The molecule has 0 fully saturated rings. The lowest BCUT2D eigenvalue weighted by molar-refractivity contribution is -0.384. The van der Waals surface area contributed by atoms with Gasteiger partial charge in [0.1, 0.15) is 5.75 Å². The maximum atomic E-state index is 10.6. The predicted molar refractivity (Wildman–Crippen MR) is 52.0 cm³/mol. The van der Waals surface area contributed by atoms with Crippen LogP contribution in [-0.2, 0) is 4.79 Å². The molecule has 0 radical (unpaired) electrons. The SMILES string of the molecule is CCOc1ccc(N=C=O)c([N+](=O)[O-])c1. The van der Waals surface area contributed by atoms with Gasteiger partial charge in [-0.05, 0) is 19.1 Å². The van der Waals surface area contributed by atoms with E-state index in [1.807, 2.05) is 0 Å². The van der Waals surface area contributed by atoms with Crippen molar-refractivity contribution in [1.29, 1.82) is 0 Å². The van der Waals surface area contributed by atoms with Crippen molar-refractivity contribution >= 4 is 17.5 Å². The van der Waals surface area contributed by atoms with E-state index in [2.05, 4.69) is 4.99 Å². The molecule has 0 aromatic heterocycles. The number of nitrogens with zero attached hydrogens (tertiary/aromatic N) is 2. The van der Waals surface area contributed by atoms with Crippen LogP contribution in [0.25, 0.3) is 0 Å². The number of rotatable bonds is 4. The van der Waals surface area contributed by atoms with Gasteiger partial charge in [0, 0.05) is 0 Å². The van der Waals surface area contributed by atoms with Crippen LogP contribution in [0.4, 0.5) is 11.4 Å². The van der Waals surface area contributed by atoms with Crippen LogP contribution in [0.1, 0.15) is 6.92 Å². The Bertz CT molecular complexity index is 424. The van der Waals surface area contributed by atoms with Crippen molar-refractivity contribution < 1.29 is 14.5 Å². The topological polar surface area (TPSA) is 81.8 Å². The Balaban J connectivity index is 3.20. The average molecular weight is 208 g/mol. The minimum atomic E-state index is -0.626. The number of hydrogen-bond acceptors (Lipinski definition) is 5. The van der Waals surface area contributed by atoms with Crippen molar-refractivity contribution in [2.24, 2.45) is 4.99 Å². The molecule has 0 amide bonds. The van der Waals surface area contributed by atoms with Crippen molar-refractivity contribution in [2.75, 3.05) is 6.61 Å². The second-order valence-corrected chi connectivity index (χ2v) is 2.54. The van der Waals surface area contributed by atoms with E-state index in [1.165, 1.54) is 24.3 Å². The Morgan fingerprint density at radius 1 is 1.60 bits per heavy atom. The lowest BCUT2D eigenvalue weighted by Crippen LogP contribution is -1.94. The first-order valence-corrected chi connectivity index (χ1v) is 4.18. The largest absolute Gasteiger partial charge is 0.494 e. The second-order valence-electron chi connectivity index (χ2n) is 2.54. The molecule has 0 saturated heterocycles. The van der Waals surface area contributed by atoms with Crippen LogP contribution < -0.4 is 4.74 Å². The van der Waals surface area contributed by atoms with Gasteiger partial charge >= 0.3 is 0 Å². The number of ether oxygens (including phenoxy) is 1. The summed E-state index contributed by atoms with van der Waals surface area (Å²) in [7, 11) is 0. The monoisotopic (exact) mass is 208 g/mol. The number of benzene rings is 1. The molecular formula is C9H8N2O4. The highest BCUT2D eigenvalue weighted by Crippen LogP contribution is 2.30. The second kappa shape index (κ2) is 4.88. The lowest BCUT2D eigenvalue weighted by atomic mass is 10.2. The van der Waals surface area contributed by atoms with E-state index in [0.717, 1.165) is 0 Å². The first-order chi connectivity index (χ1) is 7.19. The van der Waals surface area contributed by atoms with E-state index < -0.39 is 4.92 Å². The summed E-state index contributed by atoms with van der Waals surface area (Å²) in [6.07, 6.45) is 1.26. The van der Waals surface area contributed by atoms with E-state index in [1.54, 1.807) is 6.92 Å². The van der Waals surface area contributed by atoms with Gasteiger partial charge in [-0.1, -0.05) is 0 Å². The van der Waals surface area contributed by atoms with Gasteiger partial charge in [-0.15, -0.1) is 0 Å². The molecule has 6 nitrogen and oxygen atoms in total. The number of carbonyl (C=O) groups excluding carboxylic acids is 1. The van der Waals surface area contributed by atoms with Crippen LogP contribution in [0.5, 0.6) is 5.75 Å². The fourth-order valence-corrected chi connectivity index (χ4v) is 1.05. The first-order valence-electron chi connectivity index (χ1n) is 4.18. The molecule has 1 aromatic carbocycles. The summed E-state index contributed by atoms with van der Waals surface area (Å²) in [4.78, 5) is 23.2. The Labute approximate surface area is 85.3 Å². The molecule has 1 aromatic rings. The van der Waals surface area contributed by atoms with Crippen LogP contribution in [0.2, 0.25) is 0 Å². The lowest BCUT2D eigenvalue weighted by Gasteiger charge is -2.02. The summed E-state index contributed by atoms with van der Waals surface area (Å²) >= 11 is 0. The van der Waals surface area contributed by atoms with Gasteiger partial charge in [-0.3, -0.25) is 10.1 Å². The van der Waals surface area contributed by atoms with Crippen molar-refractivity contribution in [2.45, 2.75) is 6.92 Å². The molecule has 6 heteroatoms. The quantitative estimate of drug-likeness (QED) is 0.327. The first kappa shape index (κ1) is 10.9. The Morgan fingerprint density at radius 3 is 2.87 bits per heavy atom. The van der Waals surface area contributed by atoms with Crippen LogP contribution in [0.15, 0.2) is 23.2 Å². The van der Waals surface area contributed by atoms with Gasteiger partial charge in [0.2, 0.25) is 6.08 Å². The number of nitro groups is 1. The van der Waals surface area contributed by atoms with Crippen molar-refractivity contribution in [3.63, 3.8) is 0 Å². The Hall–Kier alpha value is -2.20. The van der Waals surface area contributed by atoms with Gasteiger partial charge in [0.15, 0.2) is 5.69 Å². The minimum absolute atomic E-state index is 0.0292. The molecule has 0 aliphatic rings. The van der Waals surface area contributed by atoms with E-state index in [-0.39, 0.29) is 11.4 Å². The van der Waals surface area contributed by atoms with Crippen molar-refractivity contribution in [3.05, 3.63) is 28.3 Å². The zero-order valence-corrected chi connectivity index (χ0v) is 7.97. The molecule has 0 N–H and O–H groups in total. The van der Waals surface area contributed by atoms with Crippen LogP contribution >= 0.6 is 0 Å². The summed E-state index contributed by atoms with van der Waals surface area (Å²) in [6, 6.07) is 4.07. The smallest absolute Gasteiger partial charge is 0.299 e. The van der Waals surface area contributed by atoms with E-state index in [9.17, 15) is 14.9 Å². The third-order valence-electron chi connectivity index (χ3n) is 1.62. The number of isocyanates is 1. The molecule has 78 valence electrons. The van der Waals surface area contributed by atoms with Crippen LogP contribution in [0.3, 0.4) is 0 Å².